The molecule has 4 heterocycles. The summed E-state index contributed by atoms with van der Waals surface area (Å²) in [5.74, 6) is 2.11. The number of hydrogen-bond acceptors (Lipinski definition) is 4. The Balaban J connectivity index is 1.41. The molecule has 6 heteroatoms. The Hall–Kier alpha value is -2.08. The molecule has 0 aromatic carbocycles. The number of likely N-dealkylation sites (tertiary alicyclic amines) is 2. The van der Waals surface area contributed by atoms with Gasteiger partial charge in [0.05, 0.1) is 12.0 Å². The Kier molecular flexibility index (Phi) is 4.62. The van der Waals surface area contributed by atoms with Gasteiger partial charge in [-0.1, -0.05) is 20.8 Å². The summed E-state index contributed by atoms with van der Waals surface area (Å²) >= 11 is 0. The minimum atomic E-state index is -0.192. The molecule has 4 rings (SSSR count). The highest BCUT2D eigenvalue weighted by Crippen LogP contribution is 2.41. The number of nitrogens with zero attached hydrogens (tertiary/aromatic N) is 3. The Morgan fingerprint density at radius 1 is 1.22 bits per heavy atom. The molecule has 1 atom stereocenters. The highest BCUT2D eigenvalue weighted by atomic mass is 16.3. The first-order valence-corrected chi connectivity index (χ1v) is 9.95. The fraction of sp³-hybridized carbons (Fsp3) is 0.619. The Bertz CT molecular complexity index is 789. The van der Waals surface area contributed by atoms with E-state index in [-0.39, 0.29) is 10.8 Å². The van der Waals surface area contributed by atoms with Crippen LogP contribution >= 0.6 is 0 Å². The SMILES string of the molecule is CC(C)(C)CN1CCC[C@]2(CCN(Cc3ccc(-c4ccn[nH]4)o3)C2)C1=O. The number of aromatic nitrogens is 2. The van der Waals surface area contributed by atoms with Crippen molar-refractivity contribution in [1.29, 1.82) is 0 Å². The molecule has 0 radical (unpaired) electrons. The van der Waals surface area contributed by atoms with E-state index in [4.69, 9.17) is 4.42 Å². The molecule has 0 aliphatic carbocycles. The summed E-state index contributed by atoms with van der Waals surface area (Å²) in [5, 5.41) is 6.90. The molecule has 2 aromatic heterocycles. The number of carbonyl (C=O) groups excluding carboxylic acids is 1. The fourth-order valence-electron chi connectivity index (χ4n) is 4.57. The summed E-state index contributed by atoms with van der Waals surface area (Å²) in [6.45, 7) is 10.9. The maximum atomic E-state index is 13.2. The van der Waals surface area contributed by atoms with Crippen LogP contribution in [-0.4, -0.2) is 52.1 Å². The highest BCUT2D eigenvalue weighted by Gasteiger charge is 2.48. The Morgan fingerprint density at radius 2 is 2.07 bits per heavy atom. The van der Waals surface area contributed by atoms with Crippen molar-refractivity contribution in [2.24, 2.45) is 10.8 Å². The number of piperidine rings is 1. The molecule has 2 aliphatic rings. The molecule has 2 aliphatic heterocycles. The number of furan rings is 1. The second kappa shape index (κ2) is 6.82. The van der Waals surface area contributed by atoms with Gasteiger partial charge in [0.2, 0.25) is 5.91 Å². The van der Waals surface area contributed by atoms with Crippen molar-refractivity contribution in [3.05, 3.63) is 30.2 Å². The number of nitrogens with one attached hydrogen (secondary N) is 1. The first-order valence-electron chi connectivity index (χ1n) is 9.95. The average Bonchev–Trinajstić information content (AvgIpc) is 3.32. The van der Waals surface area contributed by atoms with Crippen LogP contribution in [0.5, 0.6) is 0 Å². The number of hydrogen-bond donors (Lipinski definition) is 1. The van der Waals surface area contributed by atoms with Crippen LogP contribution in [0.3, 0.4) is 0 Å². The minimum Gasteiger partial charge on any atom is -0.458 e. The van der Waals surface area contributed by atoms with Crippen molar-refractivity contribution in [2.75, 3.05) is 26.2 Å². The summed E-state index contributed by atoms with van der Waals surface area (Å²) in [6.07, 6.45) is 4.81. The van der Waals surface area contributed by atoms with Gasteiger partial charge in [-0.15, -0.1) is 0 Å². The standard InChI is InChI=1S/C21H30N4O2/c1-20(2,3)14-25-11-4-8-21(19(25)26)9-12-24(15-21)13-16-5-6-18(27-16)17-7-10-22-23-17/h5-7,10H,4,8-9,11-15H2,1-3H3,(H,22,23)/t21-/m1/s1. The van der Waals surface area contributed by atoms with E-state index < -0.39 is 0 Å². The topological polar surface area (TPSA) is 65.4 Å². The summed E-state index contributed by atoms with van der Waals surface area (Å²) in [4.78, 5) is 17.7. The van der Waals surface area contributed by atoms with Crippen molar-refractivity contribution >= 4 is 5.91 Å². The summed E-state index contributed by atoms with van der Waals surface area (Å²) in [5.41, 5.74) is 0.839. The van der Waals surface area contributed by atoms with E-state index in [9.17, 15) is 4.79 Å². The third-order valence-electron chi connectivity index (χ3n) is 5.73. The number of carbonyl (C=O) groups is 1. The minimum absolute atomic E-state index is 0.143. The predicted octanol–water partition coefficient (Wildman–Crippen LogP) is 3.53. The highest BCUT2D eigenvalue weighted by molar-refractivity contribution is 5.84. The van der Waals surface area contributed by atoms with Crippen LogP contribution in [0.25, 0.3) is 11.5 Å². The van der Waals surface area contributed by atoms with Crippen molar-refractivity contribution < 1.29 is 9.21 Å². The van der Waals surface area contributed by atoms with Gasteiger partial charge < -0.3 is 9.32 Å². The molecule has 0 unspecified atom stereocenters. The predicted molar refractivity (Wildman–Crippen MR) is 104 cm³/mol. The quantitative estimate of drug-likeness (QED) is 0.894. The van der Waals surface area contributed by atoms with E-state index in [2.05, 4.69) is 40.8 Å². The van der Waals surface area contributed by atoms with Crippen LogP contribution in [0.15, 0.2) is 28.8 Å². The van der Waals surface area contributed by atoms with E-state index in [1.54, 1.807) is 6.20 Å². The van der Waals surface area contributed by atoms with Crippen molar-refractivity contribution in [1.82, 2.24) is 20.0 Å². The zero-order valence-corrected chi connectivity index (χ0v) is 16.6. The van der Waals surface area contributed by atoms with Gasteiger partial charge in [0.25, 0.3) is 0 Å². The molecule has 2 aromatic rings. The summed E-state index contributed by atoms with van der Waals surface area (Å²) in [7, 11) is 0. The molecule has 1 amide bonds. The van der Waals surface area contributed by atoms with Gasteiger partial charge in [-0.3, -0.25) is 14.8 Å². The molecule has 2 saturated heterocycles. The van der Waals surface area contributed by atoms with Gasteiger partial charge in [-0.25, -0.2) is 0 Å². The number of rotatable bonds is 4. The van der Waals surface area contributed by atoms with E-state index in [0.717, 1.165) is 69.2 Å². The third-order valence-corrected chi connectivity index (χ3v) is 5.73. The molecule has 27 heavy (non-hydrogen) atoms. The number of aromatic amines is 1. The number of amides is 1. The molecule has 1 spiro atoms. The van der Waals surface area contributed by atoms with Gasteiger partial charge in [0.15, 0.2) is 5.76 Å². The second-order valence-electron chi connectivity index (χ2n) is 9.37. The smallest absolute Gasteiger partial charge is 0.230 e. The van der Waals surface area contributed by atoms with Crippen LogP contribution in [0.1, 0.15) is 45.8 Å². The third kappa shape index (κ3) is 3.81. The van der Waals surface area contributed by atoms with Gasteiger partial charge >= 0.3 is 0 Å². The van der Waals surface area contributed by atoms with Gasteiger partial charge in [0, 0.05) is 25.8 Å². The molecule has 0 saturated carbocycles. The maximum Gasteiger partial charge on any atom is 0.230 e. The molecular formula is C21H30N4O2. The average molecular weight is 370 g/mol. The van der Waals surface area contributed by atoms with E-state index in [0.29, 0.717) is 5.91 Å². The lowest BCUT2D eigenvalue weighted by Crippen LogP contribution is -2.52. The van der Waals surface area contributed by atoms with Crippen molar-refractivity contribution in [2.45, 2.75) is 46.6 Å². The van der Waals surface area contributed by atoms with E-state index in [1.807, 2.05) is 18.2 Å². The fourth-order valence-corrected chi connectivity index (χ4v) is 4.57. The van der Waals surface area contributed by atoms with Crippen LogP contribution in [0, 0.1) is 10.8 Å². The lowest BCUT2D eigenvalue weighted by atomic mass is 9.77. The molecular weight excluding hydrogens is 340 g/mol. The maximum absolute atomic E-state index is 13.2. The van der Waals surface area contributed by atoms with Crippen molar-refractivity contribution in [3.8, 4) is 11.5 Å². The normalized spacial score (nSPS) is 24.3. The van der Waals surface area contributed by atoms with E-state index in [1.165, 1.54) is 0 Å². The Morgan fingerprint density at radius 3 is 2.81 bits per heavy atom. The monoisotopic (exact) mass is 370 g/mol. The lowest BCUT2D eigenvalue weighted by molar-refractivity contribution is -0.147. The van der Waals surface area contributed by atoms with Crippen LogP contribution in [-0.2, 0) is 11.3 Å². The van der Waals surface area contributed by atoms with Crippen LogP contribution in [0.4, 0.5) is 0 Å². The first kappa shape index (κ1) is 18.3. The Labute approximate surface area is 160 Å². The molecule has 6 nitrogen and oxygen atoms in total. The van der Waals surface area contributed by atoms with Crippen LogP contribution in [0.2, 0.25) is 0 Å². The molecule has 1 N–H and O–H groups in total. The lowest BCUT2D eigenvalue weighted by Gasteiger charge is -2.42. The molecule has 0 bridgehead atoms. The molecule has 2 fully saturated rings. The summed E-state index contributed by atoms with van der Waals surface area (Å²) in [6, 6.07) is 5.90. The molecule has 146 valence electrons. The van der Waals surface area contributed by atoms with Gasteiger partial charge in [-0.05, 0) is 49.4 Å². The van der Waals surface area contributed by atoms with Gasteiger partial charge in [-0.2, -0.15) is 5.10 Å². The van der Waals surface area contributed by atoms with Gasteiger partial charge in [0.1, 0.15) is 11.5 Å². The largest absolute Gasteiger partial charge is 0.458 e. The van der Waals surface area contributed by atoms with Crippen molar-refractivity contribution in [3.63, 3.8) is 0 Å². The first-order chi connectivity index (χ1) is 12.8. The van der Waals surface area contributed by atoms with E-state index >= 15 is 0 Å². The zero-order chi connectivity index (χ0) is 19.1. The summed E-state index contributed by atoms with van der Waals surface area (Å²) < 4.78 is 5.97. The van der Waals surface area contributed by atoms with Crippen LogP contribution < -0.4 is 0 Å². The second-order valence-corrected chi connectivity index (χ2v) is 9.37. The zero-order valence-electron chi connectivity index (χ0n) is 16.6. The number of H-pyrrole nitrogens is 1.